The maximum Gasteiger partial charge on any atom is 0.147 e. The van der Waals surface area contributed by atoms with E-state index in [-0.39, 0.29) is 6.10 Å². The normalized spacial score (nSPS) is 21.8. The topological polar surface area (TPSA) is 56.1 Å². The number of pyridine rings is 1. The van der Waals surface area contributed by atoms with Gasteiger partial charge in [0.05, 0.1) is 6.54 Å². The Hall–Kier alpha value is -1.95. The fourth-order valence-electron chi connectivity index (χ4n) is 3.51. The molecule has 2 aromatic heterocycles. The van der Waals surface area contributed by atoms with E-state index in [4.69, 9.17) is 4.74 Å². The molecule has 0 radical (unpaired) electrons. The summed E-state index contributed by atoms with van der Waals surface area (Å²) in [4.78, 5) is 6.45. The van der Waals surface area contributed by atoms with Gasteiger partial charge in [-0.1, -0.05) is 6.42 Å². The van der Waals surface area contributed by atoms with Gasteiger partial charge < -0.3 is 9.30 Å². The van der Waals surface area contributed by atoms with E-state index >= 15 is 0 Å². The van der Waals surface area contributed by atoms with Crippen molar-refractivity contribution in [1.29, 1.82) is 0 Å². The van der Waals surface area contributed by atoms with Gasteiger partial charge in [-0.3, -0.25) is 9.88 Å². The first kappa shape index (κ1) is 14.6. The van der Waals surface area contributed by atoms with Gasteiger partial charge in [0.1, 0.15) is 23.5 Å². The Bertz CT molecular complexity index is 642. The maximum absolute atomic E-state index is 6.03. The molecule has 4 heterocycles. The summed E-state index contributed by atoms with van der Waals surface area (Å²) in [6, 6.07) is 3.84. The minimum atomic E-state index is 0.254. The molecule has 23 heavy (non-hydrogen) atoms. The first-order valence-electron chi connectivity index (χ1n) is 8.58. The van der Waals surface area contributed by atoms with Gasteiger partial charge in [0.25, 0.3) is 0 Å². The van der Waals surface area contributed by atoms with Crippen LogP contribution in [0.25, 0.3) is 0 Å². The van der Waals surface area contributed by atoms with Crippen molar-refractivity contribution < 1.29 is 4.74 Å². The number of hydrogen-bond donors (Lipinski definition) is 0. The van der Waals surface area contributed by atoms with E-state index in [1.807, 2.05) is 12.1 Å². The van der Waals surface area contributed by atoms with E-state index in [0.717, 1.165) is 50.6 Å². The fraction of sp³-hybridized carbons (Fsp3) is 0.588. The highest BCUT2D eigenvalue weighted by atomic mass is 16.5. The molecular weight excluding hydrogens is 290 g/mol. The van der Waals surface area contributed by atoms with Crippen molar-refractivity contribution in [2.45, 2.75) is 51.3 Å². The zero-order chi connectivity index (χ0) is 15.5. The third kappa shape index (κ3) is 3.37. The molecule has 0 spiro atoms. The Morgan fingerprint density at radius 3 is 2.91 bits per heavy atom. The highest BCUT2D eigenvalue weighted by molar-refractivity contribution is 5.17. The van der Waals surface area contributed by atoms with Crippen molar-refractivity contribution in [2.24, 2.45) is 0 Å². The molecular formula is C17H23N5O. The number of nitrogens with zero attached hydrogens (tertiary/aromatic N) is 5. The molecule has 2 aliphatic rings. The Kier molecular flexibility index (Phi) is 4.24. The van der Waals surface area contributed by atoms with Gasteiger partial charge in [-0.2, -0.15) is 0 Å². The number of likely N-dealkylation sites (tertiary alicyclic amines) is 1. The van der Waals surface area contributed by atoms with Crippen LogP contribution in [0.4, 0.5) is 0 Å². The first-order chi connectivity index (χ1) is 11.4. The lowest BCUT2D eigenvalue weighted by Crippen LogP contribution is -2.26. The number of fused-ring (bicyclic) bond motifs is 1. The quantitative estimate of drug-likeness (QED) is 0.865. The molecule has 0 saturated carbocycles. The summed E-state index contributed by atoms with van der Waals surface area (Å²) in [7, 11) is 0. The molecule has 0 aliphatic carbocycles. The Balaban J connectivity index is 1.37. The van der Waals surface area contributed by atoms with Gasteiger partial charge in [-0.15, -0.1) is 10.2 Å². The lowest BCUT2D eigenvalue weighted by Gasteiger charge is -2.17. The molecule has 2 aliphatic heterocycles. The zero-order valence-electron chi connectivity index (χ0n) is 13.4. The van der Waals surface area contributed by atoms with E-state index in [0.29, 0.717) is 0 Å². The molecule has 6 nitrogen and oxygen atoms in total. The average molecular weight is 313 g/mol. The van der Waals surface area contributed by atoms with Crippen molar-refractivity contribution >= 4 is 0 Å². The van der Waals surface area contributed by atoms with Crippen LogP contribution in [-0.2, 0) is 19.5 Å². The van der Waals surface area contributed by atoms with Crippen molar-refractivity contribution in [1.82, 2.24) is 24.6 Å². The van der Waals surface area contributed by atoms with E-state index in [1.54, 1.807) is 12.4 Å². The van der Waals surface area contributed by atoms with Crippen LogP contribution in [0.1, 0.15) is 37.3 Å². The van der Waals surface area contributed by atoms with E-state index < -0.39 is 0 Å². The van der Waals surface area contributed by atoms with Gasteiger partial charge in [-0.25, -0.2) is 0 Å². The third-order valence-corrected chi connectivity index (χ3v) is 4.73. The molecule has 0 aromatic carbocycles. The van der Waals surface area contributed by atoms with E-state index in [9.17, 15) is 0 Å². The summed E-state index contributed by atoms with van der Waals surface area (Å²) >= 11 is 0. The van der Waals surface area contributed by atoms with Gasteiger partial charge >= 0.3 is 0 Å². The number of rotatable bonds is 4. The minimum absolute atomic E-state index is 0.254. The molecule has 0 bridgehead atoms. The number of aryl methyl sites for hydroxylation is 1. The number of aromatic nitrogens is 4. The molecule has 2 aromatic rings. The molecule has 1 saturated heterocycles. The number of ether oxygens (including phenoxy) is 1. The summed E-state index contributed by atoms with van der Waals surface area (Å²) < 4.78 is 8.37. The molecule has 6 heteroatoms. The largest absolute Gasteiger partial charge is 0.489 e. The molecule has 0 N–H and O–H groups in total. The van der Waals surface area contributed by atoms with Crippen LogP contribution < -0.4 is 4.74 Å². The van der Waals surface area contributed by atoms with Crippen LogP contribution in [0.3, 0.4) is 0 Å². The molecule has 4 rings (SSSR count). The Morgan fingerprint density at radius 1 is 1.09 bits per heavy atom. The molecule has 122 valence electrons. The third-order valence-electron chi connectivity index (χ3n) is 4.73. The van der Waals surface area contributed by atoms with Crippen molar-refractivity contribution in [3.63, 3.8) is 0 Å². The molecule has 1 fully saturated rings. The van der Waals surface area contributed by atoms with Crippen molar-refractivity contribution in [2.75, 3.05) is 13.1 Å². The van der Waals surface area contributed by atoms with E-state index in [1.165, 1.54) is 25.1 Å². The second kappa shape index (κ2) is 6.66. The number of hydrogen-bond acceptors (Lipinski definition) is 5. The summed E-state index contributed by atoms with van der Waals surface area (Å²) in [5, 5.41) is 8.83. The summed E-state index contributed by atoms with van der Waals surface area (Å²) in [5.41, 5.74) is 0. The van der Waals surface area contributed by atoms with Crippen LogP contribution in [0.15, 0.2) is 24.5 Å². The lowest BCUT2D eigenvalue weighted by molar-refractivity contribution is 0.196. The van der Waals surface area contributed by atoms with Crippen LogP contribution in [0, 0.1) is 0 Å². The lowest BCUT2D eigenvalue weighted by atomic mass is 10.2. The monoisotopic (exact) mass is 313 g/mol. The highest BCUT2D eigenvalue weighted by Gasteiger charge is 2.26. The summed E-state index contributed by atoms with van der Waals surface area (Å²) in [6.07, 6.45) is 9.71. The zero-order valence-corrected chi connectivity index (χ0v) is 13.4. The van der Waals surface area contributed by atoms with Gasteiger partial charge in [-0.05, 0) is 31.4 Å². The van der Waals surface area contributed by atoms with Crippen molar-refractivity contribution in [3.05, 3.63) is 36.2 Å². The average Bonchev–Trinajstić information content (AvgIpc) is 3.09. The maximum atomic E-state index is 6.03. The predicted octanol–water partition coefficient (Wildman–Crippen LogP) is 2.05. The minimum Gasteiger partial charge on any atom is -0.489 e. The van der Waals surface area contributed by atoms with Crippen LogP contribution in [0.5, 0.6) is 5.75 Å². The standard InChI is InChI=1S/C17H23N5O/c1-2-4-16-19-20-17(22(16)10-3-1)13-21-11-7-15(12-21)23-14-5-8-18-9-6-14/h5-6,8-9,15H,1-4,7,10-13H2/t15-/m1/s1. The second-order valence-electron chi connectivity index (χ2n) is 6.44. The van der Waals surface area contributed by atoms with Gasteiger partial charge in [0.15, 0.2) is 0 Å². The predicted molar refractivity (Wildman–Crippen MR) is 86.1 cm³/mol. The van der Waals surface area contributed by atoms with Gasteiger partial charge in [0.2, 0.25) is 0 Å². The fourth-order valence-corrected chi connectivity index (χ4v) is 3.51. The molecule has 1 atom stereocenters. The van der Waals surface area contributed by atoms with Crippen LogP contribution >= 0.6 is 0 Å². The Morgan fingerprint density at radius 2 is 2.00 bits per heavy atom. The Labute approximate surface area is 136 Å². The SMILES string of the molecule is c1cc(O[C@@H]2CCN(Cc3nnc4n3CCCCC4)C2)ccn1. The van der Waals surface area contributed by atoms with Gasteiger partial charge in [0, 0.05) is 38.4 Å². The summed E-state index contributed by atoms with van der Waals surface area (Å²) in [5.74, 6) is 3.19. The van der Waals surface area contributed by atoms with Crippen LogP contribution in [-0.4, -0.2) is 43.8 Å². The smallest absolute Gasteiger partial charge is 0.147 e. The molecule has 0 amide bonds. The highest BCUT2D eigenvalue weighted by Crippen LogP contribution is 2.20. The van der Waals surface area contributed by atoms with E-state index in [2.05, 4.69) is 24.6 Å². The second-order valence-corrected chi connectivity index (χ2v) is 6.44. The molecule has 0 unspecified atom stereocenters. The van der Waals surface area contributed by atoms with Crippen LogP contribution in [0.2, 0.25) is 0 Å². The summed E-state index contributed by atoms with van der Waals surface area (Å²) in [6.45, 7) is 3.95. The van der Waals surface area contributed by atoms with Crippen molar-refractivity contribution in [3.8, 4) is 5.75 Å². The first-order valence-corrected chi connectivity index (χ1v) is 8.58.